The Labute approximate surface area is 223 Å². The molecule has 5 rings (SSSR count). The molecule has 4 heteroatoms. The number of benzene rings is 2. The van der Waals surface area contributed by atoms with Gasteiger partial charge in [0.2, 0.25) is 5.91 Å². The number of carbonyl (C=O) groups excluding carboxylic acids is 1. The molecule has 2 heterocycles. The first-order valence-corrected chi connectivity index (χ1v) is 14.6. The fourth-order valence-corrected chi connectivity index (χ4v) is 7.52. The summed E-state index contributed by atoms with van der Waals surface area (Å²) >= 11 is 0. The van der Waals surface area contributed by atoms with Gasteiger partial charge in [-0.25, -0.2) is 0 Å². The second-order valence-electron chi connectivity index (χ2n) is 11.7. The number of unbranched alkanes of at least 4 members (excludes halogenated alkanes) is 1. The highest BCUT2D eigenvalue weighted by atomic mass is 16.2. The van der Waals surface area contributed by atoms with Crippen LogP contribution in [0.4, 0.5) is 0 Å². The average molecular weight is 500 g/mol. The van der Waals surface area contributed by atoms with Crippen LogP contribution in [0, 0.1) is 11.8 Å². The molecule has 1 amide bonds. The molecule has 37 heavy (non-hydrogen) atoms. The third-order valence-electron chi connectivity index (χ3n) is 9.40. The number of hydrogen-bond donors (Lipinski definition) is 1. The van der Waals surface area contributed by atoms with Crippen molar-refractivity contribution >= 4 is 16.8 Å². The van der Waals surface area contributed by atoms with Crippen LogP contribution in [0.5, 0.6) is 0 Å². The molecule has 1 aromatic heterocycles. The smallest absolute Gasteiger partial charge is 0.226 e. The summed E-state index contributed by atoms with van der Waals surface area (Å²) in [5.41, 5.74) is 5.19. The molecule has 0 bridgehead atoms. The van der Waals surface area contributed by atoms with E-state index in [0.717, 1.165) is 64.3 Å². The topological polar surface area (TPSA) is 39.3 Å². The Morgan fingerprint density at radius 2 is 1.76 bits per heavy atom. The van der Waals surface area contributed by atoms with Crippen molar-refractivity contribution in [2.45, 2.75) is 83.2 Å². The quantitative estimate of drug-likeness (QED) is 0.349. The van der Waals surface area contributed by atoms with Crippen LogP contribution < -0.4 is 0 Å². The van der Waals surface area contributed by atoms with Crippen molar-refractivity contribution in [2.24, 2.45) is 11.8 Å². The molecule has 0 radical (unpaired) electrons. The predicted molar refractivity (Wildman–Crippen MR) is 154 cm³/mol. The van der Waals surface area contributed by atoms with Gasteiger partial charge >= 0.3 is 0 Å². The Morgan fingerprint density at radius 1 is 1.05 bits per heavy atom. The van der Waals surface area contributed by atoms with Gasteiger partial charge in [-0.05, 0) is 82.2 Å². The monoisotopic (exact) mass is 499 g/mol. The van der Waals surface area contributed by atoms with Gasteiger partial charge in [-0.15, -0.1) is 0 Å². The predicted octanol–water partition coefficient (Wildman–Crippen LogP) is 7.46. The molecule has 2 aromatic carbocycles. The standard InChI is InChI=1S/C33H45N3O/c1-5-7-13-24(6-2)32(37)36-23-20-28-27-16-11-12-17-29(27)34-31(28)33(36)21-18-26(19-22-33)30(35(3)4)25-14-9-8-10-15-25/h8-12,14-17,24,26,30,34H,5-7,13,18-23H2,1-4H3. The average Bonchev–Trinajstić information content (AvgIpc) is 3.31. The maximum absolute atomic E-state index is 14.2. The first-order valence-electron chi connectivity index (χ1n) is 14.6. The minimum absolute atomic E-state index is 0.138. The summed E-state index contributed by atoms with van der Waals surface area (Å²) in [4.78, 5) is 22.8. The minimum Gasteiger partial charge on any atom is -0.356 e. The second-order valence-corrected chi connectivity index (χ2v) is 11.7. The number of amides is 1. The number of rotatable bonds is 8. The molecule has 1 aliphatic heterocycles. The summed E-state index contributed by atoms with van der Waals surface area (Å²) in [6.07, 6.45) is 9.49. The number of hydrogen-bond acceptors (Lipinski definition) is 2. The van der Waals surface area contributed by atoms with E-state index in [1.165, 1.54) is 27.7 Å². The van der Waals surface area contributed by atoms with Gasteiger partial charge in [0.25, 0.3) is 0 Å². The number of para-hydroxylation sites is 1. The Hall–Kier alpha value is -2.59. The van der Waals surface area contributed by atoms with Crippen molar-refractivity contribution in [2.75, 3.05) is 20.6 Å². The largest absolute Gasteiger partial charge is 0.356 e. The van der Waals surface area contributed by atoms with Gasteiger partial charge in [-0.2, -0.15) is 0 Å². The van der Waals surface area contributed by atoms with Crippen LogP contribution in [0.2, 0.25) is 0 Å². The van der Waals surface area contributed by atoms with E-state index in [1.54, 1.807) is 0 Å². The highest BCUT2D eigenvalue weighted by molar-refractivity contribution is 5.87. The SMILES string of the molecule is CCCCC(CC)C(=O)N1CCc2c([nH]c3ccccc23)C12CCC(C(c1ccccc1)N(C)C)CC2. The number of H-pyrrole nitrogens is 1. The molecule has 2 aliphatic rings. The van der Waals surface area contributed by atoms with E-state index >= 15 is 0 Å². The van der Waals surface area contributed by atoms with Crippen molar-refractivity contribution in [1.82, 2.24) is 14.8 Å². The van der Waals surface area contributed by atoms with Gasteiger partial charge in [0.15, 0.2) is 0 Å². The molecule has 2 atom stereocenters. The van der Waals surface area contributed by atoms with E-state index in [4.69, 9.17) is 0 Å². The number of nitrogens with zero attached hydrogens (tertiary/aromatic N) is 2. The number of fused-ring (bicyclic) bond motifs is 4. The van der Waals surface area contributed by atoms with Gasteiger partial charge in [0.1, 0.15) is 0 Å². The molecule has 0 saturated heterocycles. The molecule has 1 saturated carbocycles. The highest BCUT2D eigenvalue weighted by Gasteiger charge is 2.50. The first kappa shape index (κ1) is 26.0. The molecule has 4 nitrogen and oxygen atoms in total. The van der Waals surface area contributed by atoms with Crippen molar-refractivity contribution < 1.29 is 4.79 Å². The maximum Gasteiger partial charge on any atom is 0.226 e. The van der Waals surface area contributed by atoms with Crippen LogP contribution in [0.25, 0.3) is 10.9 Å². The van der Waals surface area contributed by atoms with E-state index in [0.29, 0.717) is 17.9 Å². The molecule has 1 aliphatic carbocycles. The zero-order valence-corrected chi connectivity index (χ0v) is 23.3. The molecule has 3 aromatic rings. The number of nitrogens with one attached hydrogen (secondary N) is 1. The van der Waals surface area contributed by atoms with E-state index < -0.39 is 0 Å². The second kappa shape index (κ2) is 11.0. The van der Waals surface area contributed by atoms with E-state index in [1.807, 2.05) is 0 Å². The summed E-state index contributed by atoms with van der Waals surface area (Å²) in [5.74, 6) is 1.11. The molecule has 1 N–H and O–H groups in total. The van der Waals surface area contributed by atoms with E-state index in [-0.39, 0.29) is 11.5 Å². The molecule has 198 valence electrons. The molecule has 1 spiro atoms. The van der Waals surface area contributed by atoms with Crippen LogP contribution in [-0.4, -0.2) is 41.3 Å². The normalized spacial score (nSPS) is 23.4. The lowest BCUT2D eigenvalue weighted by Crippen LogP contribution is -2.57. The Balaban J connectivity index is 1.51. The lowest BCUT2D eigenvalue weighted by atomic mass is 9.68. The van der Waals surface area contributed by atoms with Crippen LogP contribution in [0.3, 0.4) is 0 Å². The molecular formula is C33H45N3O. The van der Waals surface area contributed by atoms with Crippen LogP contribution in [0.15, 0.2) is 54.6 Å². The summed E-state index contributed by atoms with van der Waals surface area (Å²) in [7, 11) is 4.43. The fourth-order valence-electron chi connectivity index (χ4n) is 7.52. The summed E-state index contributed by atoms with van der Waals surface area (Å²) in [6.45, 7) is 5.27. The Kier molecular flexibility index (Phi) is 7.76. The van der Waals surface area contributed by atoms with Gasteiger partial charge < -0.3 is 14.8 Å². The molecule has 2 unspecified atom stereocenters. The van der Waals surface area contributed by atoms with Crippen LogP contribution in [0.1, 0.15) is 88.1 Å². The van der Waals surface area contributed by atoms with Gasteiger partial charge in [0.05, 0.1) is 5.54 Å². The van der Waals surface area contributed by atoms with Crippen molar-refractivity contribution in [3.63, 3.8) is 0 Å². The number of aromatic amines is 1. The van der Waals surface area contributed by atoms with E-state index in [2.05, 4.69) is 97.3 Å². The van der Waals surface area contributed by atoms with Crippen molar-refractivity contribution in [3.8, 4) is 0 Å². The minimum atomic E-state index is -0.215. The lowest BCUT2D eigenvalue weighted by molar-refractivity contribution is -0.147. The maximum atomic E-state index is 14.2. The number of carbonyl (C=O) groups is 1. The molecule has 1 fully saturated rings. The summed E-state index contributed by atoms with van der Waals surface area (Å²) in [6, 6.07) is 20.1. The fraction of sp³-hybridized carbons (Fsp3) is 0.545. The summed E-state index contributed by atoms with van der Waals surface area (Å²) < 4.78 is 0. The lowest BCUT2D eigenvalue weighted by Gasteiger charge is -2.52. The Morgan fingerprint density at radius 3 is 2.43 bits per heavy atom. The van der Waals surface area contributed by atoms with Gasteiger partial charge in [0, 0.05) is 35.1 Å². The van der Waals surface area contributed by atoms with Crippen LogP contribution >= 0.6 is 0 Å². The Bertz CT molecular complexity index is 1190. The van der Waals surface area contributed by atoms with Crippen molar-refractivity contribution in [1.29, 1.82) is 0 Å². The first-order chi connectivity index (χ1) is 18.0. The zero-order chi connectivity index (χ0) is 26.0. The third kappa shape index (κ3) is 4.74. The third-order valence-corrected chi connectivity index (χ3v) is 9.40. The van der Waals surface area contributed by atoms with E-state index in [9.17, 15) is 4.79 Å². The summed E-state index contributed by atoms with van der Waals surface area (Å²) in [5, 5.41) is 1.35. The highest BCUT2D eigenvalue weighted by Crippen LogP contribution is 2.52. The van der Waals surface area contributed by atoms with Crippen LogP contribution in [-0.2, 0) is 16.8 Å². The molecular weight excluding hydrogens is 454 g/mol. The van der Waals surface area contributed by atoms with Gasteiger partial charge in [-0.1, -0.05) is 75.2 Å². The number of aromatic nitrogens is 1. The van der Waals surface area contributed by atoms with Gasteiger partial charge in [-0.3, -0.25) is 4.79 Å². The zero-order valence-electron chi connectivity index (χ0n) is 23.3. The van der Waals surface area contributed by atoms with Crippen molar-refractivity contribution in [3.05, 3.63) is 71.4 Å².